The van der Waals surface area contributed by atoms with Crippen molar-refractivity contribution >= 4 is 16.8 Å². The maximum absolute atomic E-state index is 13.0. The first-order chi connectivity index (χ1) is 13.8. The number of piperidine rings is 1. The smallest absolute Gasteiger partial charge is 0.266 e. The quantitative estimate of drug-likeness (QED) is 0.741. The predicted octanol–water partition coefficient (Wildman–Crippen LogP) is 3.57. The predicted molar refractivity (Wildman–Crippen MR) is 114 cm³/mol. The van der Waals surface area contributed by atoms with Gasteiger partial charge in [0.25, 0.3) is 11.5 Å². The first-order valence-electron chi connectivity index (χ1n) is 10.3. The zero-order valence-corrected chi connectivity index (χ0v) is 17.3. The van der Waals surface area contributed by atoms with Crippen molar-refractivity contribution in [3.05, 3.63) is 64.2 Å². The fourth-order valence-corrected chi connectivity index (χ4v) is 3.99. The highest BCUT2D eigenvalue weighted by molar-refractivity contribution is 6.06. The molecule has 6 nitrogen and oxygen atoms in total. The summed E-state index contributed by atoms with van der Waals surface area (Å²) < 4.78 is 1.60. The molecule has 0 spiro atoms. The van der Waals surface area contributed by atoms with E-state index in [1.807, 2.05) is 41.4 Å². The van der Waals surface area contributed by atoms with E-state index in [1.165, 1.54) is 0 Å². The van der Waals surface area contributed by atoms with Gasteiger partial charge >= 0.3 is 0 Å². The Morgan fingerprint density at radius 3 is 2.62 bits per heavy atom. The summed E-state index contributed by atoms with van der Waals surface area (Å²) in [5.74, 6) is 0.432. The Morgan fingerprint density at radius 1 is 1.14 bits per heavy atom. The van der Waals surface area contributed by atoms with Crippen LogP contribution in [-0.4, -0.2) is 38.7 Å². The normalized spacial score (nSPS) is 15.8. The molecule has 0 saturated carbocycles. The van der Waals surface area contributed by atoms with Gasteiger partial charge in [-0.05, 0) is 43.0 Å². The lowest BCUT2D eigenvalue weighted by molar-refractivity contribution is 0.0682. The van der Waals surface area contributed by atoms with Gasteiger partial charge in [-0.3, -0.25) is 9.59 Å². The second-order valence-electron chi connectivity index (χ2n) is 8.97. The van der Waals surface area contributed by atoms with E-state index in [0.717, 1.165) is 35.0 Å². The number of benzene rings is 1. The lowest BCUT2D eigenvalue weighted by atomic mass is 9.92. The van der Waals surface area contributed by atoms with Crippen molar-refractivity contribution in [3.63, 3.8) is 0 Å². The molecule has 0 aliphatic carbocycles. The summed E-state index contributed by atoms with van der Waals surface area (Å²) in [5, 5.41) is 5.55. The van der Waals surface area contributed by atoms with Gasteiger partial charge < -0.3 is 9.88 Å². The third-order valence-electron chi connectivity index (χ3n) is 5.79. The standard InChI is InChI=1S/C23H28N4O2/c1-23(2,3)20-7-8-21(28)27(25-20)15-16-10-13-26(14-11-16)22(29)18-5-4-6-19-17(18)9-12-24-19/h4-9,12,16,24H,10-11,13-15H2,1-3H3. The number of aromatic amines is 1. The molecule has 0 bridgehead atoms. The van der Waals surface area contributed by atoms with Gasteiger partial charge in [0.2, 0.25) is 0 Å². The van der Waals surface area contributed by atoms with Gasteiger partial charge in [-0.1, -0.05) is 26.8 Å². The average Bonchev–Trinajstić information content (AvgIpc) is 3.18. The van der Waals surface area contributed by atoms with Crippen LogP contribution in [0, 0.1) is 5.92 Å². The van der Waals surface area contributed by atoms with Gasteiger partial charge in [0.05, 0.1) is 5.69 Å². The van der Waals surface area contributed by atoms with Gasteiger partial charge in [-0.15, -0.1) is 0 Å². The van der Waals surface area contributed by atoms with Crippen LogP contribution in [0.25, 0.3) is 10.9 Å². The van der Waals surface area contributed by atoms with Crippen molar-refractivity contribution < 1.29 is 4.79 Å². The molecule has 3 heterocycles. The van der Waals surface area contributed by atoms with Crippen LogP contribution in [0.5, 0.6) is 0 Å². The van der Waals surface area contributed by atoms with Crippen molar-refractivity contribution in [1.29, 1.82) is 0 Å². The van der Waals surface area contributed by atoms with Crippen LogP contribution in [0.2, 0.25) is 0 Å². The van der Waals surface area contributed by atoms with Gasteiger partial charge in [-0.2, -0.15) is 5.10 Å². The lowest BCUT2D eigenvalue weighted by Crippen LogP contribution is -2.40. The van der Waals surface area contributed by atoms with Crippen LogP contribution < -0.4 is 5.56 Å². The summed E-state index contributed by atoms with van der Waals surface area (Å²) in [4.78, 5) is 30.4. The van der Waals surface area contributed by atoms with Crippen LogP contribution in [0.15, 0.2) is 47.4 Å². The van der Waals surface area contributed by atoms with Crippen LogP contribution in [0.1, 0.15) is 49.7 Å². The molecular weight excluding hydrogens is 364 g/mol. The molecule has 1 aliphatic heterocycles. The Balaban J connectivity index is 1.43. The second-order valence-corrected chi connectivity index (χ2v) is 8.97. The minimum absolute atomic E-state index is 0.0596. The van der Waals surface area contributed by atoms with Crippen LogP contribution >= 0.6 is 0 Å². The molecule has 1 aliphatic rings. The van der Waals surface area contributed by atoms with E-state index < -0.39 is 0 Å². The number of carbonyl (C=O) groups is 1. The first kappa shape index (κ1) is 19.4. The zero-order chi connectivity index (χ0) is 20.6. The summed E-state index contributed by atoms with van der Waals surface area (Å²) in [6.45, 7) is 8.31. The van der Waals surface area contributed by atoms with Gasteiger partial charge in [0.1, 0.15) is 0 Å². The lowest BCUT2D eigenvalue weighted by Gasteiger charge is -2.32. The molecule has 1 amide bonds. The Bertz CT molecular complexity index is 1080. The second kappa shape index (κ2) is 7.50. The van der Waals surface area contributed by atoms with E-state index in [2.05, 4.69) is 30.9 Å². The topological polar surface area (TPSA) is 71.0 Å². The van der Waals surface area contributed by atoms with E-state index in [1.54, 1.807) is 10.7 Å². The van der Waals surface area contributed by atoms with Crippen molar-refractivity contribution in [2.45, 2.75) is 45.6 Å². The van der Waals surface area contributed by atoms with Crippen molar-refractivity contribution in [2.75, 3.05) is 13.1 Å². The number of nitrogens with zero attached hydrogens (tertiary/aromatic N) is 3. The molecule has 1 aromatic carbocycles. The third-order valence-corrected chi connectivity index (χ3v) is 5.79. The number of amides is 1. The number of hydrogen-bond acceptors (Lipinski definition) is 3. The highest BCUT2D eigenvalue weighted by Gasteiger charge is 2.26. The molecule has 152 valence electrons. The fourth-order valence-electron chi connectivity index (χ4n) is 3.99. The number of rotatable bonds is 3. The van der Waals surface area contributed by atoms with E-state index >= 15 is 0 Å². The summed E-state index contributed by atoms with van der Waals surface area (Å²) >= 11 is 0. The Kier molecular flexibility index (Phi) is 5.03. The molecule has 29 heavy (non-hydrogen) atoms. The Morgan fingerprint density at radius 2 is 1.90 bits per heavy atom. The maximum atomic E-state index is 13.0. The zero-order valence-electron chi connectivity index (χ0n) is 17.3. The molecule has 2 aromatic heterocycles. The van der Waals surface area contributed by atoms with Gasteiger partial charge in [0.15, 0.2) is 0 Å². The fraction of sp³-hybridized carbons (Fsp3) is 0.435. The van der Waals surface area contributed by atoms with Crippen LogP contribution in [-0.2, 0) is 12.0 Å². The molecule has 3 aromatic rings. The first-order valence-corrected chi connectivity index (χ1v) is 10.3. The molecular formula is C23H28N4O2. The summed E-state index contributed by atoms with van der Waals surface area (Å²) in [6, 6.07) is 11.2. The molecule has 1 fully saturated rings. The summed E-state index contributed by atoms with van der Waals surface area (Å²) in [5.41, 5.74) is 2.50. The number of carbonyl (C=O) groups excluding carboxylic acids is 1. The number of hydrogen-bond donors (Lipinski definition) is 1. The largest absolute Gasteiger partial charge is 0.361 e. The van der Waals surface area contributed by atoms with Crippen molar-refractivity contribution in [3.8, 4) is 0 Å². The molecule has 4 rings (SSSR count). The van der Waals surface area contributed by atoms with E-state index in [4.69, 9.17) is 0 Å². The van der Waals surface area contributed by atoms with Crippen molar-refractivity contribution in [2.24, 2.45) is 5.92 Å². The Hall–Kier alpha value is -2.89. The molecule has 1 saturated heterocycles. The highest BCUT2D eigenvalue weighted by Crippen LogP contribution is 2.24. The molecule has 1 N–H and O–H groups in total. The van der Waals surface area contributed by atoms with E-state index in [0.29, 0.717) is 25.6 Å². The Labute approximate surface area is 170 Å². The summed E-state index contributed by atoms with van der Waals surface area (Å²) in [6.07, 6.45) is 3.62. The molecule has 0 radical (unpaired) electrons. The molecule has 0 unspecified atom stereocenters. The van der Waals surface area contributed by atoms with Crippen molar-refractivity contribution in [1.82, 2.24) is 19.7 Å². The minimum atomic E-state index is -0.0928. The number of aromatic nitrogens is 3. The third kappa shape index (κ3) is 3.97. The number of nitrogens with one attached hydrogen (secondary N) is 1. The highest BCUT2D eigenvalue weighted by atomic mass is 16.2. The number of fused-ring (bicyclic) bond motifs is 1. The minimum Gasteiger partial charge on any atom is -0.361 e. The van der Waals surface area contributed by atoms with Crippen LogP contribution in [0.4, 0.5) is 0 Å². The van der Waals surface area contributed by atoms with E-state index in [-0.39, 0.29) is 16.9 Å². The monoisotopic (exact) mass is 392 g/mol. The molecule has 6 heteroatoms. The van der Waals surface area contributed by atoms with Crippen LogP contribution in [0.3, 0.4) is 0 Å². The number of likely N-dealkylation sites (tertiary alicyclic amines) is 1. The average molecular weight is 393 g/mol. The van der Waals surface area contributed by atoms with Gasteiger partial charge in [-0.25, -0.2) is 4.68 Å². The summed E-state index contributed by atoms with van der Waals surface area (Å²) in [7, 11) is 0. The van der Waals surface area contributed by atoms with Gasteiger partial charge in [0, 0.05) is 53.8 Å². The molecule has 0 atom stereocenters. The van der Waals surface area contributed by atoms with E-state index in [9.17, 15) is 9.59 Å². The number of H-pyrrole nitrogens is 1. The SMILES string of the molecule is CC(C)(C)c1ccc(=O)n(CC2CCN(C(=O)c3cccc4[nH]ccc34)CC2)n1. The maximum Gasteiger partial charge on any atom is 0.266 e.